The fraction of sp³-hybridized carbons (Fsp3) is 0.286. The minimum Gasteiger partial charge on any atom is -0.497 e. The van der Waals surface area contributed by atoms with Crippen molar-refractivity contribution < 1.29 is 18.4 Å². The topological polar surface area (TPSA) is 97.2 Å². The van der Waals surface area contributed by atoms with Gasteiger partial charge in [-0.1, -0.05) is 49.4 Å². The molecular weight excluding hydrogens is 470 g/mol. The van der Waals surface area contributed by atoms with E-state index >= 15 is 0 Å². The molecule has 0 fully saturated rings. The van der Waals surface area contributed by atoms with Crippen LogP contribution in [0, 0.1) is 0 Å². The van der Waals surface area contributed by atoms with Crippen molar-refractivity contribution in [3.63, 3.8) is 0 Å². The lowest BCUT2D eigenvalue weighted by Gasteiger charge is -2.26. The number of carbonyl (C=O) groups is 1. The molecule has 0 bridgehead atoms. The summed E-state index contributed by atoms with van der Waals surface area (Å²) in [5.74, 6) is 1.93. The van der Waals surface area contributed by atoms with Crippen molar-refractivity contribution in [2.45, 2.75) is 32.4 Å². The molecule has 1 atom stereocenters. The summed E-state index contributed by atoms with van der Waals surface area (Å²) in [6, 6.07) is 21.1. The number of amides is 1. The van der Waals surface area contributed by atoms with Crippen molar-refractivity contribution in [2.75, 3.05) is 20.2 Å². The first-order valence-electron chi connectivity index (χ1n) is 12.3. The first-order valence-corrected chi connectivity index (χ1v) is 12.3. The fourth-order valence-electron chi connectivity index (χ4n) is 4.43. The lowest BCUT2D eigenvalue weighted by atomic mass is 9.98. The molecule has 2 aromatic carbocycles. The summed E-state index contributed by atoms with van der Waals surface area (Å²) in [6.07, 6.45) is 3.06. The zero-order valence-corrected chi connectivity index (χ0v) is 20.9. The van der Waals surface area contributed by atoms with Gasteiger partial charge >= 0.3 is 0 Å². The average Bonchev–Trinajstić information content (AvgIpc) is 3.70. The molecule has 0 saturated carbocycles. The molecular formula is C28H29N5O4. The van der Waals surface area contributed by atoms with Gasteiger partial charge in [0.05, 0.1) is 38.2 Å². The third-order valence-electron chi connectivity index (χ3n) is 6.23. The van der Waals surface area contributed by atoms with Crippen LogP contribution in [-0.2, 0) is 11.3 Å². The van der Waals surface area contributed by atoms with Crippen LogP contribution in [0.4, 0.5) is 0 Å². The predicted octanol–water partition coefficient (Wildman–Crippen LogP) is 4.93. The van der Waals surface area contributed by atoms with Gasteiger partial charge in [-0.2, -0.15) is 5.10 Å². The van der Waals surface area contributed by atoms with Gasteiger partial charge in [0.15, 0.2) is 5.76 Å². The number of aromatic nitrogens is 2. The van der Waals surface area contributed by atoms with E-state index in [2.05, 4.69) is 17.1 Å². The summed E-state index contributed by atoms with van der Waals surface area (Å²) >= 11 is 0. The highest BCUT2D eigenvalue weighted by atomic mass is 16.5. The van der Waals surface area contributed by atoms with Crippen LogP contribution in [-0.4, -0.2) is 51.9 Å². The summed E-state index contributed by atoms with van der Waals surface area (Å²) in [5.41, 5.74) is 2.90. The molecule has 1 aliphatic rings. The van der Waals surface area contributed by atoms with E-state index in [1.807, 2.05) is 59.5 Å². The monoisotopic (exact) mass is 499 g/mol. The molecule has 0 radical (unpaired) electrons. The van der Waals surface area contributed by atoms with Gasteiger partial charge in [0, 0.05) is 6.42 Å². The molecule has 0 saturated heterocycles. The van der Waals surface area contributed by atoms with Crippen LogP contribution in [0.5, 0.6) is 5.75 Å². The molecule has 5 rings (SSSR count). The normalized spacial score (nSPS) is 15.3. The summed E-state index contributed by atoms with van der Waals surface area (Å²) < 4.78 is 16.4. The average molecular weight is 500 g/mol. The second-order valence-corrected chi connectivity index (χ2v) is 8.83. The van der Waals surface area contributed by atoms with E-state index in [0.717, 1.165) is 29.0 Å². The predicted molar refractivity (Wildman–Crippen MR) is 138 cm³/mol. The SMILES string of the molecule is CCCN(CC(=O)N1N=C(c2ccccc2)CC1c1ccc(OC)cc1)Cc1nnc(-c2ccco2)o1. The molecule has 1 unspecified atom stereocenters. The first kappa shape index (κ1) is 24.5. The number of hydrogen-bond acceptors (Lipinski definition) is 8. The molecule has 4 aromatic rings. The Kier molecular flexibility index (Phi) is 7.41. The van der Waals surface area contributed by atoms with Crippen molar-refractivity contribution in [3.05, 3.63) is 90.0 Å². The highest BCUT2D eigenvalue weighted by Crippen LogP contribution is 2.34. The van der Waals surface area contributed by atoms with E-state index < -0.39 is 0 Å². The van der Waals surface area contributed by atoms with Gasteiger partial charge in [-0.3, -0.25) is 9.69 Å². The number of nitrogens with zero attached hydrogens (tertiary/aromatic N) is 5. The Morgan fingerprint density at radius 1 is 1.08 bits per heavy atom. The Balaban J connectivity index is 1.36. The number of hydrogen-bond donors (Lipinski definition) is 0. The minimum absolute atomic E-state index is 0.0917. The minimum atomic E-state index is -0.203. The summed E-state index contributed by atoms with van der Waals surface area (Å²) in [4.78, 5) is 15.7. The molecule has 0 aliphatic carbocycles. The Hall–Kier alpha value is -4.24. The lowest BCUT2D eigenvalue weighted by Crippen LogP contribution is -2.38. The van der Waals surface area contributed by atoms with Crippen molar-refractivity contribution in [1.82, 2.24) is 20.1 Å². The van der Waals surface area contributed by atoms with Crippen molar-refractivity contribution in [1.29, 1.82) is 0 Å². The maximum absolute atomic E-state index is 13.7. The molecule has 1 amide bonds. The fourth-order valence-corrected chi connectivity index (χ4v) is 4.43. The summed E-state index contributed by atoms with van der Waals surface area (Å²) in [7, 11) is 1.64. The third kappa shape index (κ3) is 5.62. The Morgan fingerprint density at radius 2 is 1.89 bits per heavy atom. The van der Waals surface area contributed by atoms with Gasteiger partial charge in [-0.15, -0.1) is 10.2 Å². The van der Waals surface area contributed by atoms with E-state index in [1.54, 1.807) is 30.5 Å². The van der Waals surface area contributed by atoms with Gasteiger partial charge in [-0.25, -0.2) is 5.01 Å². The van der Waals surface area contributed by atoms with Gasteiger partial charge < -0.3 is 13.6 Å². The molecule has 190 valence electrons. The van der Waals surface area contributed by atoms with E-state index in [1.165, 1.54) is 0 Å². The largest absolute Gasteiger partial charge is 0.497 e. The number of hydrazone groups is 1. The van der Waals surface area contributed by atoms with Crippen LogP contribution in [0.15, 0.2) is 86.9 Å². The molecule has 0 N–H and O–H groups in total. The number of ether oxygens (including phenoxy) is 1. The zero-order chi connectivity index (χ0) is 25.6. The second kappa shape index (κ2) is 11.2. The zero-order valence-electron chi connectivity index (χ0n) is 20.9. The smallest absolute Gasteiger partial charge is 0.283 e. The van der Waals surface area contributed by atoms with Gasteiger partial charge in [0.25, 0.3) is 11.8 Å². The summed E-state index contributed by atoms with van der Waals surface area (Å²) in [5, 5.41) is 14.6. The maximum atomic E-state index is 13.7. The van der Waals surface area contributed by atoms with Crippen molar-refractivity contribution in [3.8, 4) is 17.4 Å². The Bertz CT molecular complexity index is 1330. The Labute approximate surface area is 215 Å². The molecule has 0 spiro atoms. The van der Waals surface area contributed by atoms with Crippen LogP contribution < -0.4 is 4.74 Å². The number of methoxy groups -OCH3 is 1. The summed E-state index contributed by atoms with van der Waals surface area (Å²) in [6.45, 7) is 3.29. The van der Waals surface area contributed by atoms with Crippen LogP contribution in [0.25, 0.3) is 11.7 Å². The van der Waals surface area contributed by atoms with Crippen LogP contribution in [0.1, 0.15) is 42.8 Å². The van der Waals surface area contributed by atoms with E-state index in [4.69, 9.17) is 18.7 Å². The first-order chi connectivity index (χ1) is 18.1. The number of furan rings is 1. The van der Waals surface area contributed by atoms with E-state index in [0.29, 0.717) is 37.1 Å². The number of benzene rings is 2. The molecule has 9 nitrogen and oxygen atoms in total. The van der Waals surface area contributed by atoms with Gasteiger partial charge in [-0.05, 0) is 48.4 Å². The molecule has 3 heterocycles. The number of rotatable bonds is 10. The quantitative estimate of drug-likeness (QED) is 0.305. The van der Waals surface area contributed by atoms with Gasteiger partial charge in [0.2, 0.25) is 5.89 Å². The van der Waals surface area contributed by atoms with Crippen LogP contribution in [0.3, 0.4) is 0 Å². The van der Waals surface area contributed by atoms with Crippen LogP contribution >= 0.6 is 0 Å². The Morgan fingerprint density at radius 3 is 2.59 bits per heavy atom. The molecule has 2 aromatic heterocycles. The van der Waals surface area contributed by atoms with Crippen molar-refractivity contribution in [2.24, 2.45) is 5.10 Å². The number of carbonyl (C=O) groups excluding carboxylic acids is 1. The van der Waals surface area contributed by atoms with E-state index in [-0.39, 0.29) is 18.5 Å². The van der Waals surface area contributed by atoms with Crippen molar-refractivity contribution >= 4 is 11.6 Å². The second-order valence-electron chi connectivity index (χ2n) is 8.83. The molecule has 37 heavy (non-hydrogen) atoms. The highest BCUT2D eigenvalue weighted by molar-refractivity contribution is 6.03. The highest BCUT2D eigenvalue weighted by Gasteiger charge is 2.34. The maximum Gasteiger partial charge on any atom is 0.283 e. The molecule has 1 aliphatic heterocycles. The van der Waals surface area contributed by atoms with E-state index in [9.17, 15) is 4.79 Å². The lowest BCUT2D eigenvalue weighted by molar-refractivity contribution is -0.134. The third-order valence-corrected chi connectivity index (χ3v) is 6.23. The van der Waals surface area contributed by atoms with Gasteiger partial charge in [0.1, 0.15) is 5.75 Å². The standard InChI is InChI=1S/C28H29N5O4/c1-3-15-32(18-26-29-30-28(37-26)25-10-7-16-36-25)19-27(34)33-24(21-11-13-22(35-2)14-12-21)17-23(31-33)20-8-5-4-6-9-20/h4-14,16,24H,3,15,17-19H2,1-2H3. The molecule has 9 heteroatoms. The van der Waals surface area contributed by atoms with Crippen LogP contribution in [0.2, 0.25) is 0 Å².